The summed E-state index contributed by atoms with van der Waals surface area (Å²) in [4.78, 5) is 5.39. The minimum absolute atomic E-state index is 0.485. The lowest BCUT2D eigenvalue weighted by atomic mass is 10.2. The summed E-state index contributed by atoms with van der Waals surface area (Å²) in [5, 5.41) is 9.28. The molecule has 0 atom stereocenters. The Balaban J connectivity index is 1.68. The molecule has 0 saturated carbocycles. The van der Waals surface area contributed by atoms with E-state index in [1.807, 2.05) is 41.8 Å². The molecule has 0 aliphatic rings. The number of benzene rings is 1. The third kappa shape index (κ3) is 3.29. The Bertz CT molecular complexity index is 695. The van der Waals surface area contributed by atoms with E-state index in [1.165, 1.54) is 0 Å². The Hall–Kier alpha value is -2.18. The number of nitrogens with one attached hydrogen (secondary N) is 1. The Kier molecular flexibility index (Phi) is 4.28. The van der Waals surface area contributed by atoms with Crippen molar-refractivity contribution in [2.24, 2.45) is 0 Å². The van der Waals surface area contributed by atoms with Gasteiger partial charge in [-0.05, 0) is 17.5 Å². The van der Waals surface area contributed by atoms with Crippen LogP contribution in [0.5, 0.6) is 0 Å². The minimum Gasteiger partial charge on any atom is -0.380 e. The zero-order valence-electron chi connectivity index (χ0n) is 11.6. The van der Waals surface area contributed by atoms with Crippen molar-refractivity contribution < 1.29 is 9.26 Å². The molecule has 0 aliphatic carbocycles. The molecule has 0 saturated heterocycles. The molecule has 0 aliphatic heterocycles. The Labute approximate surface area is 126 Å². The summed E-state index contributed by atoms with van der Waals surface area (Å²) in [6, 6.07) is 11.9. The van der Waals surface area contributed by atoms with Gasteiger partial charge in [0.1, 0.15) is 0 Å². The highest BCUT2D eigenvalue weighted by molar-refractivity contribution is 7.13. The number of para-hydroxylation sites is 1. The van der Waals surface area contributed by atoms with E-state index in [9.17, 15) is 0 Å². The SMILES string of the molecule is COCc1ccccc1NCc1nc(-c2cccs2)no1. The molecule has 0 unspecified atom stereocenters. The average molecular weight is 301 g/mol. The highest BCUT2D eigenvalue weighted by Crippen LogP contribution is 2.22. The van der Waals surface area contributed by atoms with Gasteiger partial charge in [0.2, 0.25) is 11.7 Å². The summed E-state index contributed by atoms with van der Waals surface area (Å²) in [5.74, 6) is 1.19. The van der Waals surface area contributed by atoms with Crippen molar-refractivity contribution in [3.05, 3.63) is 53.2 Å². The number of rotatable bonds is 6. The second kappa shape index (κ2) is 6.51. The van der Waals surface area contributed by atoms with Crippen LogP contribution in [-0.2, 0) is 17.9 Å². The van der Waals surface area contributed by atoms with Crippen LogP contribution in [0.4, 0.5) is 5.69 Å². The fourth-order valence-electron chi connectivity index (χ4n) is 1.98. The van der Waals surface area contributed by atoms with Gasteiger partial charge >= 0.3 is 0 Å². The monoisotopic (exact) mass is 301 g/mol. The van der Waals surface area contributed by atoms with Gasteiger partial charge in [-0.3, -0.25) is 0 Å². The summed E-state index contributed by atoms with van der Waals surface area (Å²) in [7, 11) is 1.68. The molecule has 0 spiro atoms. The van der Waals surface area contributed by atoms with Crippen LogP contribution in [0, 0.1) is 0 Å². The first kappa shape index (κ1) is 13.8. The summed E-state index contributed by atoms with van der Waals surface area (Å²) in [6.07, 6.45) is 0. The fraction of sp³-hybridized carbons (Fsp3) is 0.200. The maximum atomic E-state index is 5.26. The van der Waals surface area contributed by atoms with E-state index in [4.69, 9.17) is 9.26 Å². The van der Waals surface area contributed by atoms with Crippen molar-refractivity contribution in [1.82, 2.24) is 10.1 Å². The van der Waals surface area contributed by atoms with Gasteiger partial charge in [-0.2, -0.15) is 4.98 Å². The number of nitrogens with zero attached hydrogens (tertiary/aromatic N) is 2. The van der Waals surface area contributed by atoms with E-state index in [0.29, 0.717) is 24.9 Å². The fourth-order valence-corrected chi connectivity index (χ4v) is 2.63. The molecule has 0 radical (unpaired) electrons. The molecule has 1 aromatic carbocycles. The summed E-state index contributed by atoms with van der Waals surface area (Å²) < 4.78 is 10.4. The molecule has 5 nitrogen and oxygen atoms in total. The van der Waals surface area contributed by atoms with Crippen molar-refractivity contribution in [3.63, 3.8) is 0 Å². The molecule has 0 bridgehead atoms. The van der Waals surface area contributed by atoms with Gasteiger partial charge in [-0.15, -0.1) is 11.3 Å². The molecule has 0 amide bonds. The van der Waals surface area contributed by atoms with Crippen LogP contribution in [0.1, 0.15) is 11.5 Å². The summed E-state index contributed by atoms with van der Waals surface area (Å²) in [6.45, 7) is 1.05. The van der Waals surface area contributed by atoms with Gasteiger partial charge in [0, 0.05) is 18.4 Å². The second-order valence-electron chi connectivity index (χ2n) is 4.43. The van der Waals surface area contributed by atoms with Crippen molar-refractivity contribution in [2.45, 2.75) is 13.2 Å². The quantitative estimate of drug-likeness (QED) is 0.754. The van der Waals surface area contributed by atoms with E-state index in [1.54, 1.807) is 18.4 Å². The zero-order valence-corrected chi connectivity index (χ0v) is 12.4. The van der Waals surface area contributed by atoms with Crippen LogP contribution in [0.15, 0.2) is 46.3 Å². The first-order valence-corrected chi connectivity index (χ1v) is 7.42. The van der Waals surface area contributed by atoms with Crippen LogP contribution >= 0.6 is 11.3 Å². The second-order valence-corrected chi connectivity index (χ2v) is 5.38. The molecule has 2 aromatic heterocycles. The first-order chi connectivity index (χ1) is 10.4. The average Bonchev–Trinajstić information content (AvgIpc) is 3.18. The van der Waals surface area contributed by atoms with Crippen LogP contribution < -0.4 is 5.32 Å². The number of ether oxygens (including phenoxy) is 1. The number of methoxy groups -OCH3 is 1. The van der Waals surface area contributed by atoms with Crippen LogP contribution in [0.25, 0.3) is 10.7 Å². The number of hydrogen-bond donors (Lipinski definition) is 1. The maximum absolute atomic E-state index is 5.26. The standard InChI is InChI=1S/C15H15N3O2S/c1-19-10-11-5-2-3-6-12(11)16-9-14-17-15(18-20-14)13-7-4-8-21-13/h2-8,16H,9-10H2,1H3. The highest BCUT2D eigenvalue weighted by atomic mass is 32.1. The zero-order chi connectivity index (χ0) is 14.5. The van der Waals surface area contributed by atoms with E-state index < -0.39 is 0 Å². The maximum Gasteiger partial charge on any atom is 0.246 e. The van der Waals surface area contributed by atoms with Crippen LogP contribution in [0.3, 0.4) is 0 Å². The van der Waals surface area contributed by atoms with Crippen molar-refractivity contribution in [2.75, 3.05) is 12.4 Å². The molecule has 2 heterocycles. The number of aromatic nitrogens is 2. The molecule has 1 N–H and O–H groups in total. The summed E-state index contributed by atoms with van der Waals surface area (Å²) >= 11 is 1.59. The van der Waals surface area contributed by atoms with E-state index in [-0.39, 0.29) is 0 Å². The minimum atomic E-state index is 0.485. The van der Waals surface area contributed by atoms with Gasteiger partial charge < -0.3 is 14.6 Å². The Morgan fingerprint density at radius 2 is 2.14 bits per heavy atom. The topological polar surface area (TPSA) is 60.2 Å². The predicted molar refractivity (Wildman–Crippen MR) is 82.1 cm³/mol. The smallest absolute Gasteiger partial charge is 0.246 e. The first-order valence-electron chi connectivity index (χ1n) is 6.54. The van der Waals surface area contributed by atoms with Gasteiger partial charge in [-0.25, -0.2) is 0 Å². The molecule has 0 fully saturated rings. The number of anilines is 1. The molecular weight excluding hydrogens is 286 g/mol. The van der Waals surface area contributed by atoms with E-state index >= 15 is 0 Å². The van der Waals surface area contributed by atoms with Gasteiger partial charge in [0.25, 0.3) is 0 Å². The van der Waals surface area contributed by atoms with Gasteiger partial charge in [0.05, 0.1) is 18.0 Å². The van der Waals surface area contributed by atoms with Gasteiger partial charge in [-0.1, -0.05) is 29.4 Å². The third-order valence-electron chi connectivity index (χ3n) is 2.96. The molecular formula is C15H15N3O2S. The lowest BCUT2D eigenvalue weighted by Gasteiger charge is -2.09. The molecule has 108 valence electrons. The normalized spacial score (nSPS) is 10.7. The number of thiophene rings is 1. The molecule has 3 rings (SSSR count). The number of hydrogen-bond acceptors (Lipinski definition) is 6. The lowest BCUT2D eigenvalue weighted by molar-refractivity contribution is 0.185. The summed E-state index contributed by atoms with van der Waals surface area (Å²) in [5.41, 5.74) is 2.10. The van der Waals surface area contributed by atoms with Gasteiger partial charge in [0.15, 0.2) is 0 Å². The highest BCUT2D eigenvalue weighted by Gasteiger charge is 2.09. The molecule has 21 heavy (non-hydrogen) atoms. The third-order valence-corrected chi connectivity index (χ3v) is 3.82. The Morgan fingerprint density at radius 1 is 1.24 bits per heavy atom. The van der Waals surface area contributed by atoms with Crippen LogP contribution in [0.2, 0.25) is 0 Å². The molecule has 3 aromatic rings. The lowest BCUT2D eigenvalue weighted by Crippen LogP contribution is -2.03. The predicted octanol–water partition coefficient (Wildman–Crippen LogP) is 3.56. The van der Waals surface area contributed by atoms with Crippen molar-refractivity contribution >= 4 is 17.0 Å². The van der Waals surface area contributed by atoms with Crippen LogP contribution in [-0.4, -0.2) is 17.3 Å². The largest absolute Gasteiger partial charge is 0.380 e. The molecule has 6 heteroatoms. The van der Waals surface area contributed by atoms with Crippen molar-refractivity contribution in [3.8, 4) is 10.7 Å². The van der Waals surface area contributed by atoms with Crippen molar-refractivity contribution in [1.29, 1.82) is 0 Å². The van der Waals surface area contributed by atoms with E-state index in [0.717, 1.165) is 16.1 Å². The van der Waals surface area contributed by atoms with E-state index in [2.05, 4.69) is 15.5 Å². The Morgan fingerprint density at radius 3 is 2.95 bits per heavy atom.